The molecular weight excluding hydrogens is 426 g/mol. The lowest BCUT2D eigenvalue weighted by atomic mass is 9.61. The van der Waals surface area contributed by atoms with Gasteiger partial charge in [0.2, 0.25) is 0 Å². The minimum atomic E-state index is -1.30. The van der Waals surface area contributed by atoms with Gasteiger partial charge in [-0.25, -0.2) is 13.6 Å². The summed E-state index contributed by atoms with van der Waals surface area (Å²) in [4.78, 5) is 11.3. The molecule has 4 nitrogen and oxygen atoms in total. The second kappa shape index (κ2) is 8.56. The third kappa shape index (κ3) is 3.74. The Bertz CT molecular complexity index is 1090. The van der Waals surface area contributed by atoms with Gasteiger partial charge in [0, 0.05) is 11.3 Å². The van der Waals surface area contributed by atoms with Gasteiger partial charge >= 0.3 is 5.97 Å². The van der Waals surface area contributed by atoms with Crippen molar-refractivity contribution >= 4 is 5.97 Å². The minimum absolute atomic E-state index is 0.0695. The second-order valence-electron chi connectivity index (χ2n) is 9.64. The first-order valence-corrected chi connectivity index (χ1v) is 11.7. The van der Waals surface area contributed by atoms with Crippen LogP contribution in [0.15, 0.2) is 48.6 Å². The summed E-state index contributed by atoms with van der Waals surface area (Å²) in [5, 5.41) is 20.3. The van der Waals surface area contributed by atoms with Crippen molar-refractivity contribution in [1.82, 2.24) is 0 Å². The topological polar surface area (TPSA) is 66.8 Å². The van der Waals surface area contributed by atoms with E-state index in [0.29, 0.717) is 17.5 Å². The molecule has 0 aromatic heterocycles. The molecule has 3 aliphatic rings. The first kappa shape index (κ1) is 22.1. The summed E-state index contributed by atoms with van der Waals surface area (Å²) >= 11 is 0. The fraction of sp³-hybridized carbons (Fsp3) is 0.444. The Kier molecular flexibility index (Phi) is 5.73. The first-order valence-electron chi connectivity index (χ1n) is 11.7. The van der Waals surface area contributed by atoms with E-state index in [9.17, 15) is 23.8 Å². The summed E-state index contributed by atoms with van der Waals surface area (Å²) in [6.07, 6.45) is 8.34. The molecule has 1 heterocycles. The van der Waals surface area contributed by atoms with Crippen molar-refractivity contribution in [2.24, 2.45) is 11.8 Å². The van der Waals surface area contributed by atoms with Crippen molar-refractivity contribution in [3.8, 4) is 5.75 Å². The molecule has 174 valence electrons. The number of carboxylic acid groups (broad SMARTS) is 1. The number of hydrogen-bond donors (Lipinski definition) is 2. The highest BCUT2D eigenvalue weighted by atomic mass is 19.1. The predicted molar refractivity (Wildman–Crippen MR) is 119 cm³/mol. The number of ether oxygens (including phenoxy) is 1. The van der Waals surface area contributed by atoms with Crippen LogP contribution in [0.2, 0.25) is 0 Å². The number of fused-ring (bicyclic) bond motifs is 2. The van der Waals surface area contributed by atoms with E-state index in [1.54, 1.807) is 18.2 Å². The molecule has 2 N–H and O–H groups in total. The number of carbonyl (C=O) groups is 1. The van der Waals surface area contributed by atoms with Gasteiger partial charge in [0.05, 0.1) is 11.7 Å². The van der Waals surface area contributed by atoms with Gasteiger partial charge in [0.1, 0.15) is 11.9 Å². The van der Waals surface area contributed by atoms with Crippen molar-refractivity contribution in [2.45, 2.75) is 62.6 Å². The van der Waals surface area contributed by atoms with Gasteiger partial charge in [-0.1, -0.05) is 42.8 Å². The number of aliphatic hydroxyl groups excluding tert-OH is 1. The molecule has 33 heavy (non-hydrogen) atoms. The standard InChI is InChI=1S/C27H28F2O4/c28-21-5-2-1-4-20(21)27(14-3-15-27)23(30)13-9-16-8-12-22-18(16)10-6-17-7-11-19(26(31)32)24(29)25(17)33-22/h1-2,4-5,7,9,11,13,16,18,22-23,30H,3,6,8,10,12,14-15H2,(H,31,32)/b13-9+/t16-,18-,22+,23?/m1/s1. The number of rotatable bonds is 5. The van der Waals surface area contributed by atoms with Crippen LogP contribution >= 0.6 is 0 Å². The zero-order valence-corrected chi connectivity index (χ0v) is 18.3. The van der Waals surface area contributed by atoms with E-state index in [4.69, 9.17) is 4.74 Å². The van der Waals surface area contributed by atoms with Crippen LogP contribution in [0.3, 0.4) is 0 Å². The molecule has 0 bridgehead atoms. The molecule has 2 aromatic rings. The SMILES string of the molecule is O=C(O)c1ccc2c(c1F)O[C@H]1CC[C@H](/C=C/C(O)C3(c4ccccc4F)CCC3)[C@H]1CC2. The van der Waals surface area contributed by atoms with Crippen LogP contribution in [0.5, 0.6) is 5.75 Å². The van der Waals surface area contributed by atoms with Crippen molar-refractivity contribution in [3.63, 3.8) is 0 Å². The van der Waals surface area contributed by atoms with Gasteiger partial charge < -0.3 is 14.9 Å². The third-order valence-corrected chi connectivity index (χ3v) is 8.00. The fourth-order valence-corrected chi connectivity index (χ4v) is 5.98. The molecule has 2 aromatic carbocycles. The van der Waals surface area contributed by atoms with Crippen molar-refractivity contribution in [2.75, 3.05) is 0 Å². The molecule has 0 spiro atoms. The maximum atomic E-state index is 14.8. The molecule has 2 aliphatic carbocycles. The lowest BCUT2D eigenvalue weighted by molar-refractivity contribution is 0.0593. The summed E-state index contributed by atoms with van der Waals surface area (Å²) in [6.45, 7) is 0. The van der Waals surface area contributed by atoms with Crippen molar-refractivity contribution in [1.29, 1.82) is 0 Å². The van der Waals surface area contributed by atoms with Crippen LogP contribution in [-0.2, 0) is 11.8 Å². The lowest BCUT2D eigenvalue weighted by Gasteiger charge is -2.45. The van der Waals surface area contributed by atoms with E-state index in [1.165, 1.54) is 12.1 Å². The van der Waals surface area contributed by atoms with E-state index < -0.39 is 23.3 Å². The fourth-order valence-electron chi connectivity index (χ4n) is 5.98. The van der Waals surface area contributed by atoms with Crippen molar-refractivity contribution in [3.05, 3.63) is 76.9 Å². The van der Waals surface area contributed by atoms with Crippen LogP contribution < -0.4 is 4.74 Å². The Morgan fingerprint density at radius 2 is 1.91 bits per heavy atom. The first-order chi connectivity index (χ1) is 15.9. The zero-order valence-electron chi connectivity index (χ0n) is 18.3. The predicted octanol–water partition coefficient (Wildman–Crippen LogP) is 5.42. The van der Waals surface area contributed by atoms with Crippen LogP contribution in [0.4, 0.5) is 8.78 Å². The van der Waals surface area contributed by atoms with Crippen LogP contribution in [0, 0.1) is 23.5 Å². The van der Waals surface area contributed by atoms with Gasteiger partial charge in [-0.15, -0.1) is 0 Å². The number of carboxylic acids is 1. The number of allylic oxidation sites excluding steroid dienone is 1. The Balaban J connectivity index is 1.34. The molecule has 1 aliphatic heterocycles. The smallest absolute Gasteiger partial charge is 0.338 e. The highest BCUT2D eigenvalue weighted by molar-refractivity contribution is 5.88. The van der Waals surface area contributed by atoms with E-state index in [2.05, 4.69) is 0 Å². The number of benzene rings is 2. The molecule has 5 rings (SSSR count). The molecule has 2 fully saturated rings. The molecule has 0 saturated heterocycles. The lowest BCUT2D eigenvalue weighted by Crippen LogP contribution is -2.45. The average molecular weight is 455 g/mol. The molecule has 6 heteroatoms. The Labute approximate surface area is 191 Å². The van der Waals surface area contributed by atoms with Gasteiger partial charge in [-0.05, 0) is 67.7 Å². The molecule has 2 saturated carbocycles. The normalized spacial score (nSPS) is 26.6. The van der Waals surface area contributed by atoms with Gasteiger partial charge in [0.25, 0.3) is 0 Å². The number of hydrogen-bond acceptors (Lipinski definition) is 3. The van der Waals surface area contributed by atoms with Crippen LogP contribution in [0.25, 0.3) is 0 Å². The van der Waals surface area contributed by atoms with E-state index in [0.717, 1.165) is 38.5 Å². The summed E-state index contributed by atoms with van der Waals surface area (Å²) in [5.74, 6) is -1.99. The van der Waals surface area contributed by atoms with Crippen molar-refractivity contribution < 1.29 is 28.5 Å². The molecule has 4 atom stereocenters. The summed E-state index contributed by atoms with van der Waals surface area (Å²) in [5.41, 5.74) is 0.328. The number of aliphatic hydroxyl groups is 1. The summed E-state index contributed by atoms with van der Waals surface area (Å²) in [7, 11) is 0. The Morgan fingerprint density at radius 1 is 1.12 bits per heavy atom. The maximum absolute atomic E-state index is 14.8. The highest BCUT2D eigenvalue weighted by Gasteiger charge is 2.46. The quantitative estimate of drug-likeness (QED) is 0.592. The maximum Gasteiger partial charge on any atom is 0.338 e. The summed E-state index contributed by atoms with van der Waals surface area (Å²) < 4.78 is 35.3. The Morgan fingerprint density at radius 3 is 2.61 bits per heavy atom. The molecule has 0 radical (unpaired) electrons. The van der Waals surface area contributed by atoms with E-state index >= 15 is 0 Å². The van der Waals surface area contributed by atoms with E-state index in [1.807, 2.05) is 18.2 Å². The van der Waals surface area contributed by atoms with Crippen LogP contribution in [0.1, 0.15) is 60.0 Å². The largest absolute Gasteiger partial charge is 0.487 e. The third-order valence-electron chi connectivity index (χ3n) is 8.00. The minimum Gasteiger partial charge on any atom is -0.487 e. The molecular formula is C27H28F2O4. The number of aryl methyl sites for hydroxylation is 1. The molecule has 0 amide bonds. The van der Waals surface area contributed by atoms with Crippen LogP contribution in [-0.4, -0.2) is 28.4 Å². The number of aromatic carboxylic acids is 1. The second-order valence-corrected chi connectivity index (χ2v) is 9.64. The zero-order chi connectivity index (χ0) is 23.2. The average Bonchev–Trinajstić information content (AvgIpc) is 3.03. The van der Waals surface area contributed by atoms with Gasteiger partial charge in [0.15, 0.2) is 11.6 Å². The molecule has 1 unspecified atom stereocenters. The monoisotopic (exact) mass is 454 g/mol. The Hall–Kier alpha value is -2.73. The van der Waals surface area contributed by atoms with Gasteiger partial charge in [-0.2, -0.15) is 0 Å². The van der Waals surface area contributed by atoms with E-state index in [-0.39, 0.29) is 35.1 Å². The highest BCUT2D eigenvalue weighted by Crippen LogP contribution is 2.48. The van der Waals surface area contributed by atoms with Gasteiger partial charge in [-0.3, -0.25) is 0 Å². The summed E-state index contributed by atoms with van der Waals surface area (Å²) in [6, 6.07) is 9.64. The number of halogens is 2.